The van der Waals surface area contributed by atoms with Gasteiger partial charge in [0.15, 0.2) is 0 Å². The van der Waals surface area contributed by atoms with Crippen LogP contribution in [0.2, 0.25) is 0 Å². The number of hydrogen-bond donors (Lipinski definition) is 2. The summed E-state index contributed by atoms with van der Waals surface area (Å²) in [6, 6.07) is 8.06. The predicted octanol–water partition coefficient (Wildman–Crippen LogP) is 2.80. The second kappa shape index (κ2) is 3.81. The second-order valence-electron chi connectivity index (χ2n) is 3.46. The highest BCUT2D eigenvalue weighted by atomic mass is 19.1. The van der Waals surface area contributed by atoms with Crippen molar-refractivity contribution in [2.45, 2.75) is 0 Å². The van der Waals surface area contributed by atoms with Crippen molar-refractivity contribution in [3.05, 3.63) is 48.0 Å². The van der Waals surface area contributed by atoms with Gasteiger partial charge in [0.2, 0.25) is 0 Å². The molecule has 4 heteroatoms. The maximum absolute atomic E-state index is 13.2. The Hall–Kier alpha value is -2.10. The number of halogens is 2. The monoisotopic (exact) mass is 220 g/mol. The van der Waals surface area contributed by atoms with E-state index >= 15 is 0 Å². The third-order valence-electron chi connectivity index (χ3n) is 2.33. The molecule has 0 fully saturated rings. The van der Waals surface area contributed by atoms with Crippen LogP contribution in [0.5, 0.6) is 0 Å². The molecule has 0 heterocycles. The zero-order chi connectivity index (χ0) is 11.7. The molecule has 2 aromatic rings. The maximum atomic E-state index is 13.2. The zero-order valence-electron chi connectivity index (χ0n) is 8.37. The highest BCUT2D eigenvalue weighted by Gasteiger charge is 2.08. The van der Waals surface area contributed by atoms with Gasteiger partial charge in [-0.25, -0.2) is 8.78 Å². The van der Waals surface area contributed by atoms with E-state index < -0.39 is 5.82 Å². The normalized spacial score (nSPS) is 10.4. The SMILES string of the molecule is Nc1cc(F)cc(-c2ccc(F)cc2)c1N. The van der Waals surface area contributed by atoms with Crippen LogP contribution in [0.3, 0.4) is 0 Å². The van der Waals surface area contributed by atoms with E-state index in [4.69, 9.17) is 11.5 Å². The summed E-state index contributed by atoms with van der Waals surface area (Å²) in [5, 5.41) is 0. The molecule has 0 aliphatic rings. The first-order valence-corrected chi connectivity index (χ1v) is 4.68. The molecule has 16 heavy (non-hydrogen) atoms. The first-order valence-electron chi connectivity index (χ1n) is 4.68. The van der Waals surface area contributed by atoms with Crippen molar-refractivity contribution in [3.8, 4) is 11.1 Å². The second-order valence-corrected chi connectivity index (χ2v) is 3.46. The summed E-state index contributed by atoms with van der Waals surface area (Å²) in [4.78, 5) is 0. The minimum atomic E-state index is -0.467. The van der Waals surface area contributed by atoms with Crippen molar-refractivity contribution >= 4 is 11.4 Å². The van der Waals surface area contributed by atoms with Gasteiger partial charge >= 0.3 is 0 Å². The van der Waals surface area contributed by atoms with Crippen molar-refractivity contribution in [2.24, 2.45) is 0 Å². The van der Waals surface area contributed by atoms with Crippen molar-refractivity contribution in [2.75, 3.05) is 11.5 Å². The molecule has 2 aromatic carbocycles. The summed E-state index contributed by atoms with van der Waals surface area (Å²) in [5.41, 5.74) is 12.9. The highest BCUT2D eigenvalue weighted by Crippen LogP contribution is 2.31. The third kappa shape index (κ3) is 1.82. The van der Waals surface area contributed by atoms with Gasteiger partial charge < -0.3 is 11.5 Å². The van der Waals surface area contributed by atoms with Crippen molar-refractivity contribution in [1.82, 2.24) is 0 Å². The number of nitrogens with two attached hydrogens (primary N) is 2. The fourth-order valence-corrected chi connectivity index (χ4v) is 1.51. The smallest absolute Gasteiger partial charge is 0.126 e. The Morgan fingerprint density at radius 2 is 1.44 bits per heavy atom. The average Bonchev–Trinajstić information content (AvgIpc) is 2.25. The Balaban J connectivity index is 2.59. The Bertz CT molecular complexity index is 521. The minimum Gasteiger partial charge on any atom is -0.397 e. The summed E-state index contributed by atoms with van der Waals surface area (Å²) in [5.74, 6) is -0.822. The molecule has 4 N–H and O–H groups in total. The summed E-state index contributed by atoms with van der Waals surface area (Å²) < 4.78 is 25.9. The fourth-order valence-electron chi connectivity index (χ4n) is 1.51. The molecular formula is C12H10F2N2. The summed E-state index contributed by atoms with van der Waals surface area (Å²) in [6.07, 6.45) is 0. The number of nitrogen functional groups attached to an aromatic ring is 2. The molecule has 0 aliphatic heterocycles. The van der Waals surface area contributed by atoms with Crippen LogP contribution in [-0.4, -0.2) is 0 Å². The number of rotatable bonds is 1. The largest absolute Gasteiger partial charge is 0.397 e. The van der Waals surface area contributed by atoms with Gasteiger partial charge in [0.05, 0.1) is 11.4 Å². The van der Waals surface area contributed by atoms with Gasteiger partial charge in [0.1, 0.15) is 11.6 Å². The maximum Gasteiger partial charge on any atom is 0.126 e. The molecule has 0 atom stereocenters. The standard InChI is InChI=1S/C12H10F2N2/c13-8-3-1-7(2-4-8)10-5-9(14)6-11(15)12(10)16/h1-6H,15-16H2. The van der Waals surface area contributed by atoms with Gasteiger partial charge in [-0.15, -0.1) is 0 Å². The third-order valence-corrected chi connectivity index (χ3v) is 2.33. The molecular weight excluding hydrogens is 210 g/mol. The van der Waals surface area contributed by atoms with Crippen LogP contribution < -0.4 is 11.5 Å². The van der Waals surface area contributed by atoms with Gasteiger partial charge in [-0.05, 0) is 29.8 Å². The van der Waals surface area contributed by atoms with E-state index in [1.807, 2.05) is 0 Å². The molecule has 0 bridgehead atoms. The lowest BCUT2D eigenvalue weighted by molar-refractivity contribution is 0.627. The van der Waals surface area contributed by atoms with Crippen LogP contribution in [0.1, 0.15) is 0 Å². The lowest BCUT2D eigenvalue weighted by atomic mass is 10.0. The van der Waals surface area contributed by atoms with Gasteiger partial charge in [-0.3, -0.25) is 0 Å². The zero-order valence-corrected chi connectivity index (χ0v) is 8.37. The van der Waals surface area contributed by atoms with Gasteiger partial charge in [-0.2, -0.15) is 0 Å². The number of benzene rings is 2. The lowest BCUT2D eigenvalue weighted by Gasteiger charge is -2.08. The summed E-state index contributed by atoms with van der Waals surface area (Å²) in [6.45, 7) is 0. The molecule has 2 rings (SSSR count). The van der Waals surface area contributed by atoms with E-state index in [0.717, 1.165) is 6.07 Å². The van der Waals surface area contributed by atoms with Crippen molar-refractivity contribution < 1.29 is 8.78 Å². The number of hydrogen-bond acceptors (Lipinski definition) is 2. The van der Waals surface area contributed by atoms with Gasteiger partial charge in [0.25, 0.3) is 0 Å². The van der Waals surface area contributed by atoms with E-state index in [1.165, 1.54) is 30.3 Å². The van der Waals surface area contributed by atoms with Crippen LogP contribution in [-0.2, 0) is 0 Å². The fraction of sp³-hybridized carbons (Fsp3) is 0. The Kier molecular flexibility index (Phi) is 2.48. The molecule has 2 nitrogen and oxygen atoms in total. The van der Waals surface area contributed by atoms with E-state index in [9.17, 15) is 8.78 Å². The molecule has 0 aromatic heterocycles. The molecule has 0 saturated carbocycles. The van der Waals surface area contributed by atoms with E-state index in [2.05, 4.69) is 0 Å². The van der Waals surface area contributed by atoms with E-state index in [0.29, 0.717) is 16.8 Å². The Labute approximate surface area is 91.5 Å². The number of anilines is 2. The van der Waals surface area contributed by atoms with Crippen LogP contribution >= 0.6 is 0 Å². The Morgan fingerprint density at radius 1 is 0.812 bits per heavy atom. The quantitative estimate of drug-likeness (QED) is 0.726. The molecule has 0 spiro atoms. The summed E-state index contributed by atoms with van der Waals surface area (Å²) >= 11 is 0. The van der Waals surface area contributed by atoms with E-state index in [-0.39, 0.29) is 11.5 Å². The van der Waals surface area contributed by atoms with Gasteiger partial charge in [0, 0.05) is 5.56 Å². The molecule has 0 amide bonds. The molecule has 82 valence electrons. The first kappa shape index (κ1) is 10.4. The molecule has 0 radical (unpaired) electrons. The van der Waals surface area contributed by atoms with Crippen molar-refractivity contribution in [3.63, 3.8) is 0 Å². The lowest BCUT2D eigenvalue weighted by Crippen LogP contribution is -1.98. The predicted molar refractivity (Wildman–Crippen MR) is 60.6 cm³/mol. The van der Waals surface area contributed by atoms with Gasteiger partial charge in [-0.1, -0.05) is 12.1 Å². The van der Waals surface area contributed by atoms with Crippen LogP contribution in [0, 0.1) is 11.6 Å². The summed E-state index contributed by atoms with van der Waals surface area (Å²) in [7, 11) is 0. The topological polar surface area (TPSA) is 52.0 Å². The Morgan fingerprint density at radius 3 is 2.06 bits per heavy atom. The molecule has 0 aliphatic carbocycles. The van der Waals surface area contributed by atoms with Crippen LogP contribution in [0.15, 0.2) is 36.4 Å². The van der Waals surface area contributed by atoms with Crippen LogP contribution in [0.4, 0.5) is 20.2 Å². The first-order chi connectivity index (χ1) is 7.58. The average molecular weight is 220 g/mol. The molecule has 0 saturated heterocycles. The highest BCUT2D eigenvalue weighted by molar-refractivity contribution is 5.84. The van der Waals surface area contributed by atoms with Crippen molar-refractivity contribution in [1.29, 1.82) is 0 Å². The molecule has 0 unspecified atom stereocenters. The van der Waals surface area contributed by atoms with Crippen LogP contribution in [0.25, 0.3) is 11.1 Å². The minimum absolute atomic E-state index is 0.180. The van der Waals surface area contributed by atoms with E-state index in [1.54, 1.807) is 0 Å².